The Labute approximate surface area is 451 Å². The molecule has 8 saturated heterocycles. The Morgan fingerprint density at radius 2 is 1.09 bits per heavy atom. The number of hydrogen-bond acceptors (Lipinski definition) is 13. The third-order valence-electron chi connectivity index (χ3n) is 18.4. The molecule has 6 amide bonds. The summed E-state index contributed by atoms with van der Waals surface area (Å²) in [6.07, 6.45) is 1.56. The van der Waals surface area contributed by atoms with Gasteiger partial charge in [-0.1, -0.05) is 72.8 Å². The van der Waals surface area contributed by atoms with Crippen LogP contribution in [0.15, 0.2) is 91.0 Å². The second-order valence-corrected chi connectivity index (χ2v) is 23.0. The van der Waals surface area contributed by atoms with E-state index in [2.05, 4.69) is 117 Å². The van der Waals surface area contributed by atoms with Crippen molar-refractivity contribution in [2.24, 2.45) is 11.8 Å². The minimum Gasteiger partial charge on any atom is -0.508 e. The van der Waals surface area contributed by atoms with Crippen molar-refractivity contribution in [1.82, 2.24) is 39.6 Å². The first-order valence-corrected chi connectivity index (χ1v) is 27.8. The van der Waals surface area contributed by atoms with Crippen molar-refractivity contribution in [2.45, 2.75) is 49.5 Å². The number of morpholine rings is 2. The first kappa shape index (κ1) is 51.4. The lowest BCUT2D eigenvalue weighted by Crippen LogP contribution is -2.51. The fourth-order valence-corrected chi connectivity index (χ4v) is 14.5. The van der Waals surface area contributed by atoms with E-state index in [1.807, 2.05) is 49.0 Å². The van der Waals surface area contributed by atoms with Gasteiger partial charge in [-0.15, -0.1) is 0 Å². The van der Waals surface area contributed by atoms with E-state index in [0.29, 0.717) is 72.2 Å². The summed E-state index contributed by atoms with van der Waals surface area (Å²) in [4.78, 5) is 74.6. The van der Waals surface area contributed by atoms with Crippen molar-refractivity contribution in [3.63, 3.8) is 0 Å². The van der Waals surface area contributed by atoms with E-state index in [1.165, 1.54) is 15.2 Å². The Balaban J connectivity index is 0.000000159. The number of benzene rings is 5. The van der Waals surface area contributed by atoms with Crippen LogP contribution in [0.5, 0.6) is 5.75 Å². The first-order chi connectivity index (χ1) is 37.3. The molecule has 8 heterocycles. The molecule has 0 unspecified atom stereocenters. The molecule has 0 radical (unpaired) electrons. The SMILES string of the molecule is CN(C)c1ccc([C@H]2C[C@@H]3CNC[C@@]34C(=O)N(CCN3CCOCC3)C(=O)N24)c2ccccc12.Cc1ccc(CN2C[C@H]3C[C@H](c4ccc(N(C)C)c5ccccc45)N4C(=O)N(CCN5CCOCC5)C(=O)[C@]34C2)cc1O. The van der Waals surface area contributed by atoms with Gasteiger partial charge >= 0.3 is 12.1 Å². The summed E-state index contributed by atoms with van der Waals surface area (Å²) in [5.74, 6) is 0.369. The number of phenolic OH excluding ortho intramolecular Hbond substituents is 1. The summed E-state index contributed by atoms with van der Waals surface area (Å²) in [6.45, 7) is 13.4. The van der Waals surface area contributed by atoms with E-state index in [-0.39, 0.29) is 53.5 Å². The van der Waals surface area contributed by atoms with E-state index in [4.69, 9.17) is 9.47 Å². The fourth-order valence-electron chi connectivity index (χ4n) is 14.5. The van der Waals surface area contributed by atoms with Crippen LogP contribution in [0, 0.1) is 18.8 Å². The molecular weight excluding hydrogens is 973 g/mol. The lowest BCUT2D eigenvalue weighted by atomic mass is 9.87. The number of ether oxygens (including phenoxy) is 2. The van der Waals surface area contributed by atoms with Crippen LogP contribution >= 0.6 is 0 Å². The van der Waals surface area contributed by atoms with Crippen molar-refractivity contribution in [3.05, 3.63) is 113 Å². The number of imide groups is 2. The number of nitrogens with zero attached hydrogens (tertiary/aromatic N) is 9. The first-order valence-electron chi connectivity index (χ1n) is 27.8. The van der Waals surface area contributed by atoms with Crippen LogP contribution in [0.4, 0.5) is 21.0 Å². The highest BCUT2D eigenvalue weighted by Crippen LogP contribution is 2.57. The third-order valence-corrected chi connectivity index (χ3v) is 18.4. The van der Waals surface area contributed by atoms with Crippen molar-refractivity contribution in [3.8, 4) is 5.75 Å². The second-order valence-electron chi connectivity index (χ2n) is 23.0. The zero-order valence-corrected chi connectivity index (χ0v) is 45.3. The van der Waals surface area contributed by atoms with Gasteiger partial charge in [-0.05, 0) is 71.0 Å². The molecule has 0 saturated carbocycles. The topological polar surface area (TPSA) is 148 Å². The summed E-state index contributed by atoms with van der Waals surface area (Å²) in [5.41, 5.74) is 4.76. The predicted octanol–water partition coefficient (Wildman–Crippen LogP) is 5.74. The Morgan fingerprint density at radius 3 is 1.61 bits per heavy atom. The van der Waals surface area contributed by atoms with Crippen LogP contribution in [-0.4, -0.2) is 208 Å². The van der Waals surface area contributed by atoms with Crippen LogP contribution in [0.25, 0.3) is 21.5 Å². The average Bonchev–Trinajstić information content (AvgIpc) is 4.13. The molecule has 406 valence electrons. The Bertz CT molecular complexity index is 3100. The summed E-state index contributed by atoms with van der Waals surface area (Å²) in [6, 6.07) is 30.7. The Kier molecular flexibility index (Phi) is 13.7. The molecule has 0 aliphatic carbocycles. The maximum absolute atomic E-state index is 14.5. The van der Waals surface area contributed by atoms with Gasteiger partial charge in [0.25, 0.3) is 11.8 Å². The van der Waals surface area contributed by atoms with Crippen molar-refractivity contribution in [1.29, 1.82) is 0 Å². The molecule has 13 rings (SSSR count). The Morgan fingerprint density at radius 1 is 0.597 bits per heavy atom. The van der Waals surface area contributed by atoms with Gasteiger partial charge in [-0.2, -0.15) is 0 Å². The van der Waals surface area contributed by atoms with Crippen LogP contribution in [-0.2, 0) is 25.6 Å². The van der Waals surface area contributed by atoms with Crippen LogP contribution in [0.2, 0.25) is 0 Å². The van der Waals surface area contributed by atoms with Gasteiger partial charge < -0.3 is 39.5 Å². The molecule has 0 bridgehead atoms. The maximum atomic E-state index is 14.5. The summed E-state index contributed by atoms with van der Waals surface area (Å²) < 4.78 is 10.9. The van der Waals surface area contributed by atoms with E-state index in [0.717, 1.165) is 102 Å². The number of rotatable bonds is 12. The van der Waals surface area contributed by atoms with Gasteiger partial charge in [0.1, 0.15) is 16.8 Å². The van der Waals surface area contributed by atoms with Crippen LogP contribution in [0.1, 0.15) is 47.2 Å². The summed E-state index contributed by atoms with van der Waals surface area (Å²) in [5, 5.41) is 18.4. The minimum absolute atomic E-state index is 0.0162. The van der Waals surface area contributed by atoms with Crippen LogP contribution in [0.3, 0.4) is 0 Å². The minimum atomic E-state index is -0.888. The van der Waals surface area contributed by atoms with E-state index < -0.39 is 11.1 Å². The molecule has 8 fully saturated rings. The van der Waals surface area contributed by atoms with Gasteiger partial charge in [0.15, 0.2) is 0 Å². The maximum Gasteiger partial charge on any atom is 0.328 e. The molecule has 8 aliphatic heterocycles. The molecule has 0 aromatic heterocycles. The van der Waals surface area contributed by atoms with Gasteiger partial charge in [0, 0.05) is 147 Å². The summed E-state index contributed by atoms with van der Waals surface area (Å²) in [7, 11) is 8.20. The molecular formula is C60H74N10O7. The van der Waals surface area contributed by atoms with Crippen LogP contribution < -0.4 is 15.1 Å². The highest BCUT2D eigenvalue weighted by atomic mass is 16.5. The molecule has 2 spiro atoms. The Hall–Kier alpha value is -6.34. The zero-order valence-electron chi connectivity index (χ0n) is 45.3. The largest absolute Gasteiger partial charge is 0.508 e. The summed E-state index contributed by atoms with van der Waals surface area (Å²) >= 11 is 0. The third kappa shape index (κ3) is 8.59. The van der Waals surface area contributed by atoms with Gasteiger partial charge in [-0.3, -0.25) is 34.1 Å². The fraction of sp³-hybridized carbons (Fsp3) is 0.500. The molecule has 17 nitrogen and oxygen atoms in total. The van der Waals surface area contributed by atoms with Gasteiger partial charge in [0.05, 0.1) is 38.5 Å². The number of hydrogen-bond donors (Lipinski definition) is 2. The lowest BCUT2D eigenvalue weighted by Gasteiger charge is -2.32. The highest BCUT2D eigenvalue weighted by Gasteiger charge is 2.71. The quantitative estimate of drug-likeness (QED) is 0.147. The van der Waals surface area contributed by atoms with Gasteiger partial charge in [0.2, 0.25) is 0 Å². The average molecular weight is 1050 g/mol. The second kappa shape index (κ2) is 20.5. The number of nitrogens with one attached hydrogen (secondary N) is 1. The van der Waals surface area contributed by atoms with Crippen molar-refractivity contribution >= 4 is 56.8 Å². The number of aryl methyl sites for hydroxylation is 1. The lowest BCUT2D eigenvalue weighted by molar-refractivity contribution is -0.134. The molecule has 77 heavy (non-hydrogen) atoms. The number of fused-ring (bicyclic) bond motifs is 2. The van der Waals surface area contributed by atoms with Gasteiger partial charge in [-0.25, -0.2) is 9.59 Å². The number of urea groups is 2. The van der Waals surface area contributed by atoms with Crippen molar-refractivity contribution in [2.75, 3.05) is 143 Å². The number of aromatic hydroxyl groups is 1. The highest BCUT2D eigenvalue weighted by molar-refractivity contribution is 6.10. The molecule has 5 aromatic carbocycles. The van der Waals surface area contributed by atoms with E-state index >= 15 is 0 Å². The zero-order chi connectivity index (χ0) is 53.3. The molecule has 17 heteroatoms. The number of phenols is 1. The number of likely N-dealkylation sites (tertiary alicyclic amines) is 1. The number of carbonyl (C=O) groups is 4. The number of amides is 6. The predicted molar refractivity (Wildman–Crippen MR) is 297 cm³/mol. The monoisotopic (exact) mass is 1050 g/mol. The van der Waals surface area contributed by atoms with Crippen molar-refractivity contribution < 1.29 is 33.8 Å². The number of anilines is 2. The molecule has 5 aromatic rings. The standard InChI is InChI=1S/C34H41N5O4.C26H33N5O3/c1-23-8-9-24(18-31(23)40)20-37-21-25-19-30(28-10-11-29(35(2)3)27-7-5-4-6-26(27)28)39-33(42)38(32(41)34(25,39)22-37)13-12-36-14-16-43-17-15-36;1-28(2)22-8-7-21(19-5-3-4-6-20(19)22)23-15-18-16-27-17-26(18)24(32)30(25(33)31(23)26)10-9-29-11-13-34-14-12-29/h4-11,18,25,30,40H,12-17,19-22H2,1-3H3;3-8,18,23,27H,9-17H2,1-2H3/t25-,30-,34+;18-,23-,26+/m11/s1. The molecule has 6 atom stereocenters. The number of carbonyl (C=O) groups excluding carboxylic acids is 4. The normalized spacial score (nSPS) is 27.4. The molecule has 8 aliphatic rings. The molecule has 2 N–H and O–H groups in total. The smallest absolute Gasteiger partial charge is 0.328 e. The van der Waals surface area contributed by atoms with E-state index in [1.54, 1.807) is 0 Å². The van der Waals surface area contributed by atoms with E-state index in [9.17, 15) is 24.3 Å².